The second kappa shape index (κ2) is 7.18. The summed E-state index contributed by atoms with van der Waals surface area (Å²) in [6, 6.07) is 12.3. The lowest BCUT2D eigenvalue weighted by atomic mass is 10.0. The molecule has 0 fully saturated rings. The molecule has 0 atom stereocenters. The van der Waals surface area contributed by atoms with Gasteiger partial charge in [0.15, 0.2) is 0 Å². The Morgan fingerprint density at radius 1 is 0.952 bits per heavy atom. The van der Waals surface area contributed by atoms with Crippen LogP contribution in [0.25, 0.3) is 0 Å². The van der Waals surface area contributed by atoms with Crippen LogP contribution in [-0.2, 0) is 6.54 Å². The zero-order valence-corrected chi connectivity index (χ0v) is 13.1. The van der Waals surface area contributed by atoms with E-state index in [0.29, 0.717) is 24.4 Å². The van der Waals surface area contributed by atoms with E-state index >= 15 is 0 Å². The summed E-state index contributed by atoms with van der Waals surface area (Å²) in [5, 5.41) is 11.6. The van der Waals surface area contributed by atoms with Crippen LogP contribution in [0.4, 0.5) is 0 Å². The molecule has 2 rings (SSSR count). The van der Waals surface area contributed by atoms with Gasteiger partial charge in [-0.05, 0) is 29.7 Å². The molecule has 0 aliphatic carbocycles. The Morgan fingerprint density at radius 2 is 1.67 bits per heavy atom. The standard InChI is InChI=1S/C17H23N3O/c1-12(2)14-5-8-16(9-6-14)21-17-10-7-15(19-20-17)11-18-13(3)4/h5-10,12-13,18H,11H2,1-4H3. The monoisotopic (exact) mass is 285 g/mol. The Morgan fingerprint density at radius 3 is 2.19 bits per heavy atom. The smallest absolute Gasteiger partial charge is 0.238 e. The van der Waals surface area contributed by atoms with Gasteiger partial charge in [0.2, 0.25) is 5.88 Å². The molecule has 0 unspecified atom stereocenters. The zero-order chi connectivity index (χ0) is 15.2. The van der Waals surface area contributed by atoms with Crippen molar-refractivity contribution in [3.63, 3.8) is 0 Å². The average molecular weight is 285 g/mol. The Bertz CT molecular complexity index is 547. The normalized spacial score (nSPS) is 11.1. The number of hydrogen-bond donors (Lipinski definition) is 1. The lowest BCUT2D eigenvalue weighted by Gasteiger charge is -2.09. The number of ether oxygens (including phenoxy) is 1. The van der Waals surface area contributed by atoms with Crippen molar-refractivity contribution in [2.24, 2.45) is 0 Å². The number of nitrogens with zero attached hydrogens (tertiary/aromatic N) is 2. The van der Waals surface area contributed by atoms with Crippen molar-refractivity contribution < 1.29 is 4.74 Å². The van der Waals surface area contributed by atoms with Crippen LogP contribution in [0.3, 0.4) is 0 Å². The molecule has 21 heavy (non-hydrogen) atoms. The lowest BCUT2D eigenvalue weighted by Crippen LogP contribution is -2.22. The van der Waals surface area contributed by atoms with Gasteiger partial charge in [-0.3, -0.25) is 0 Å². The first-order valence-electron chi connectivity index (χ1n) is 7.38. The predicted molar refractivity (Wildman–Crippen MR) is 84.6 cm³/mol. The maximum atomic E-state index is 5.70. The molecule has 1 aromatic carbocycles. The molecule has 0 bridgehead atoms. The van der Waals surface area contributed by atoms with Crippen molar-refractivity contribution in [2.75, 3.05) is 0 Å². The molecular formula is C17H23N3O. The van der Waals surface area contributed by atoms with E-state index in [0.717, 1.165) is 11.4 Å². The Balaban J connectivity index is 1.96. The van der Waals surface area contributed by atoms with Gasteiger partial charge in [0, 0.05) is 18.7 Å². The Kier molecular flexibility index (Phi) is 5.28. The van der Waals surface area contributed by atoms with Gasteiger partial charge < -0.3 is 10.1 Å². The molecule has 0 amide bonds. The summed E-state index contributed by atoms with van der Waals surface area (Å²) in [4.78, 5) is 0. The van der Waals surface area contributed by atoms with Crippen molar-refractivity contribution >= 4 is 0 Å². The van der Waals surface area contributed by atoms with Gasteiger partial charge >= 0.3 is 0 Å². The van der Waals surface area contributed by atoms with Crippen LogP contribution in [0, 0.1) is 0 Å². The van der Waals surface area contributed by atoms with Gasteiger partial charge in [0.05, 0.1) is 5.69 Å². The molecule has 1 aromatic heterocycles. The van der Waals surface area contributed by atoms with Crippen molar-refractivity contribution in [3.05, 3.63) is 47.7 Å². The number of aromatic nitrogens is 2. The number of nitrogens with one attached hydrogen (secondary N) is 1. The van der Waals surface area contributed by atoms with Gasteiger partial charge in [-0.1, -0.05) is 39.8 Å². The fraction of sp³-hybridized carbons (Fsp3) is 0.412. The molecule has 2 aromatic rings. The minimum atomic E-state index is 0.433. The van der Waals surface area contributed by atoms with E-state index in [1.54, 1.807) is 0 Å². The molecule has 1 N–H and O–H groups in total. The van der Waals surface area contributed by atoms with Gasteiger partial charge in [0.25, 0.3) is 0 Å². The molecule has 4 nitrogen and oxygen atoms in total. The maximum absolute atomic E-state index is 5.70. The first kappa shape index (κ1) is 15.4. The molecular weight excluding hydrogens is 262 g/mol. The average Bonchev–Trinajstić information content (AvgIpc) is 2.47. The number of benzene rings is 1. The van der Waals surface area contributed by atoms with E-state index in [1.165, 1.54) is 5.56 Å². The first-order chi connectivity index (χ1) is 10.0. The second-order valence-corrected chi connectivity index (χ2v) is 5.72. The topological polar surface area (TPSA) is 47.0 Å². The van der Waals surface area contributed by atoms with Crippen LogP contribution in [0.1, 0.15) is 44.9 Å². The van der Waals surface area contributed by atoms with Gasteiger partial charge in [-0.2, -0.15) is 5.10 Å². The van der Waals surface area contributed by atoms with Gasteiger partial charge in [0.1, 0.15) is 5.75 Å². The van der Waals surface area contributed by atoms with E-state index in [9.17, 15) is 0 Å². The summed E-state index contributed by atoms with van der Waals surface area (Å²) >= 11 is 0. The molecule has 0 aliphatic heterocycles. The molecule has 0 radical (unpaired) electrons. The summed E-state index contributed by atoms with van der Waals surface area (Å²) in [7, 11) is 0. The lowest BCUT2D eigenvalue weighted by molar-refractivity contribution is 0.452. The first-order valence-corrected chi connectivity index (χ1v) is 7.38. The van der Waals surface area contributed by atoms with Gasteiger partial charge in [-0.25, -0.2) is 0 Å². The quantitative estimate of drug-likeness (QED) is 0.874. The Hall–Kier alpha value is -1.94. The maximum Gasteiger partial charge on any atom is 0.238 e. The highest BCUT2D eigenvalue weighted by Gasteiger charge is 2.03. The summed E-state index contributed by atoms with van der Waals surface area (Å²) in [5.74, 6) is 1.81. The Labute approximate surface area is 126 Å². The van der Waals surface area contributed by atoms with Crippen LogP contribution in [0.2, 0.25) is 0 Å². The van der Waals surface area contributed by atoms with Crippen molar-refractivity contribution in [1.82, 2.24) is 15.5 Å². The third-order valence-electron chi connectivity index (χ3n) is 3.16. The zero-order valence-electron chi connectivity index (χ0n) is 13.1. The van der Waals surface area contributed by atoms with Crippen molar-refractivity contribution in [1.29, 1.82) is 0 Å². The third-order valence-corrected chi connectivity index (χ3v) is 3.16. The molecule has 4 heteroatoms. The molecule has 0 spiro atoms. The second-order valence-electron chi connectivity index (χ2n) is 5.72. The number of rotatable bonds is 6. The van der Waals surface area contributed by atoms with E-state index in [-0.39, 0.29) is 0 Å². The van der Waals surface area contributed by atoms with Crippen LogP contribution in [0.5, 0.6) is 11.6 Å². The fourth-order valence-electron chi connectivity index (χ4n) is 1.85. The minimum Gasteiger partial charge on any atom is -0.438 e. The molecule has 112 valence electrons. The van der Waals surface area contributed by atoms with Gasteiger partial charge in [-0.15, -0.1) is 5.10 Å². The minimum absolute atomic E-state index is 0.433. The fourth-order valence-corrected chi connectivity index (χ4v) is 1.85. The van der Waals surface area contributed by atoms with Crippen LogP contribution < -0.4 is 10.1 Å². The van der Waals surface area contributed by atoms with Crippen LogP contribution in [0.15, 0.2) is 36.4 Å². The highest BCUT2D eigenvalue weighted by Crippen LogP contribution is 2.22. The summed E-state index contributed by atoms with van der Waals surface area (Å²) < 4.78 is 5.70. The van der Waals surface area contributed by atoms with Crippen LogP contribution in [-0.4, -0.2) is 16.2 Å². The molecule has 1 heterocycles. The molecule has 0 aliphatic rings. The van der Waals surface area contributed by atoms with E-state index in [4.69, 9.17) is 4.74 Å². The summed E-state index contributed by atoms with van der Waals surface area (Å²) in [6.07, 6.45) is 0. The SMILES string of the molecule is CC(C)NCc1ccc(Oc2ccc(C(C)C)cc2)nn1. The third kappa shape index (κ3) is 4.83. The largest absolute Gasteiger partial charge is 0.438 e. The van der Waals surface area contributed by atoms with Crippen molar-refractivity contribution in [2.45, 2.75) is 46.2 Å². The summed E-state index contributed by atoms with van der Waals surface area (Å²) in [6.45, 7) is 9.27. The molecule has 0 saturated heterocycles. The molecule has 0 saturated carbocycles. The predicted octanol–water partition coefficient (Wildman–Crippen LogP) is 3.89. The van der Waals surface area contributed by atoms with Crippen LogP contribution >= 0.6 is 0 Å². The highest BCUT2D eigenvalue weighted by molar-refractivity contribution is 5.31. The van der Waals surface area contributed by atoms with E-state index in [2.05, 4.69) is 55.3 Å². The van der Waals surface area contributed by atoms with E-state index in [1.807, 2.05) is 24.3 Å². The van der Waals surface area contributed by atoms with Crippen molar-refractivity contribution in [3.8, 4) is 11.6 Å². The summed E-state index contributed by atoms with van der Waals surface area (Å²) in [5.41, 5.74) is 2.20. The highest BCUT2D eigenvalue weighted by atomic mass is 16.5. The van der Waals surface area contributed by atoms with E-state index < -0.39 is 0 Å². The number of hydrogen-bond acceptors (Lipinski definition) is 4.